The van der Waals surface area contributed by atoms with E-state index in [1.54, 1.807) is 4.68 Å². The Hall–Kier alpha value is -2.97. The van der Waals surface area contributed by atoms with Gasteiger partial charge in [0, 0.05) is 19.2 Å². The highest BCUT2D eigenvalue weighted by Gasteiger charge is 2.24. The molecule has 25 heavy (non-hydrogen) atoms. The minimum Gasteiger partial charge on any atom is -0.370 e. The maximum absolute atomic E-state index is 13.6. The summed E-state index contributed by atoms with van der Waals surface area (Å²) in [4.78, 5) is 15.6. The molecule has 2 aromatic rings. The summed E-state index contributed by atoms with van der Waals surface area (Å²) in [6.45, 7) is 1.05. The third kappa shape index (κ3) is 3.76. The highest BCUT2D eigenvalue weighted by Crippen LogP contribution is 2.23. The molecule has 0 bridgehead atoms. The Morgan fingerprint density at radius 2 is 2.20 bits per heavy atom. The smallest absolute Gasteiger partial charge is 0.252 e. The van der Waals surface area contributed by atoms with Gasteiger partial charge in [0.2, 0.25) is 0 Å². The Kier molecular flexibility index (Phi) is 4.64. The predicted molar refractivity (Wildman–Crippen MR) is 89.0 cm³/mol. The Balaban J connectivity index is 1.65. The van der Waals surface area contributed by atoms with Crippen LogP contribution < -0.4 is 16.8 Å². The molecule has 1 aromatic carbocycles. The Morgan fingerprint density at radius 1 is 1.40 bits per heavy atom. The fourth-order valence-electron chi connectivity index (χ4n) is 2.86. The number of anilines is 1. The fourth-order valence-corrected chi connectivity index (χ4v) is 2.86. The van der Waals surface area contributed by atoms with Crippen molar-refractivity contribution in [2.45, 2.75) is 19.4 Å². The van der Waals surface area contributed by atoms with Crippen molar-refractivity contribution in [3.63, 3.8) is 0 Å². The summed E-state index contributed by atoms with van der Waals surface area (Å²) >= 11 is 0. The van der Waals surface area contributed by atoms with Gasteiger partial charge in [-0.05, 0) is 30.9 Å². The summed E-state index contributed by atoms with van der Waals surface area (Å²) in [5, 5.41) is 6.70. The van der Waals surface area contributed by atoms with E-state index in [0.29, 0.717) is 25.1 Å². The third-order valence-corrected chi connectivity index (χ3v) is 4.16. The first-order valence-electron chi connectivity index (χ1n) is 7.80. The van der Waals surface area contributed by atoms with Gasteiger partial charge >= 0.3 is 0 Å². The molecule has 0 fully saturated rings. The zero-order valence-electron chi connectivity index (χ0n) is 13.4. The van der Waals surface area contributed by atoms with Crippen LogP contribution in [-0.2, 0) is 13.0 Å². The van der Waals surface area contributed by atoms with Crippen LogP contribution in [0.5, 0.6) is 0 Å². The van der Waals surface area contributed by atoms with Crippen molar-refractivity contribution in [2.75, 3.05) is 11.9 Å². The second-order valence-electron chi connectivity index (χ2n) is 5.93. The van der Waals surface area contributed by atoms with E-state index in [4.69, 9.17) is 11.5 Å². The molecule has 0 aliphatic carbocycles. The third-order valence-electron chi connectivity index (χ3n) is 4.16. The topological polar surface area (TPSA) is 111 Å². The molecule has 0 saturated heterocycles. The molecule has 9 heteroatoms. The zero-order valence-corrected chi connectivity index (χ0v) is 13.4. The number of nitrogens with zero attached hydrogens (tertiary/aromatic N) is 3. The van der Waals surface area contributed by atoms with Gasteiger partial charge in [0.1, 0.15) is 11.6 Å². The van der Waals surface area contributed by atoms with Crippen LogP contribution in [-0.4, -0.2) is 28.2 Å². The summed E-state index contributed by atoms with van der Waals surface area (Å²) < 4.78 is 28.5. The Morgan fingerprint density at radius 3 is 2.96 bits per heavy atom. The van der Waals surface area contributed by atoms with Crippen LogP contribution in [0.4, 0.5) is 14.5 Å². The highest BCUT2D eigenvalue weighted by molar-refractivity contribution is 5.94. The van der Waals surface area contributed by atoms with Crippen LogP contribution in [0.15, 0.2) is 29.4 Å². The molecule has 1 atom stereocenters. The molecule has 0 radical (unpaired) electrons. The number of hydrogen-bond acceptors (Lipinski definition) is 3. The van der Waals surface area contributed by atoms with Crippen LogP contribution in [0, 0.1) is 17.6 Å². The maximum Gasteiger partial charge on any atom is 0.252 e. The van der Waals surface area contributed by atoms with Crippen molar-refractivity contribution in [3.8, 4) is 0 Å². The quantitative estimate of drug-likeness (QED) is 0.570. The first kappa shape index (κ1) is 16.9. The number of aryl methyl sites for hydroxylation is 1. The van der Waals surface area contributed by atoms with Gasteiger partial charge in [0.05, 0.1) is 23.1 Å². The number of fused-ring (bicyclic) bond motifs is 1. The molecule has 0 saturated carbocycles. The molecule has 1 amide bonds. The van der Waals surface area contributed by atoms with E-state index < -0.39 is 17.5 Å². The average molecular weight is 348 g/mol. The lowest BCUT2D eigenvalue weighted by Crippen LogP contribution is -2.27. The lowest BCUT2D eigenvalue weighted by molar-refractivity contribution is 0.0998. The normalized spacial score (nSPS) is 17.2. The van der Waals surface area contributed by atoms with Gasteiger partial charge in [0.25, 0.3) is 5.91 Å². The number of halogens is 2. The predicted octanol–water partition coefficient (Wildman–Crippen LogP) is 1.25. The second kappa shape index (κ2) is 6.88. The van der Waals surface area contributed by atoms with Crippen LogP contribution in [0.1, 0.15) is 22.5 Å². The van der Waals surface area contributed by atoms with Crippen molar-refractivity contribution in [3.05, 3.63) is 47.3 Å². The van der Waals surface area contributed by atoms with E-state index in [-0.39, 0.29) is 17.6 Å². The number of amides is 1. The van der Waals surface area contributed by atoms with E-state index in [2.05, 4.69) is 15.4 Å². The first-order valence-corrected chi connectivity index (χ1v) is 7.80. The van der Waals surface area contributed by atoms with Gasteiger partial charge < -0.3 is 16.8 Å². The zero-order chi connectivity index (χ0) is 18.0. The summed E-state index contributed by atoms with van der Waals surface area (Å²) in [6.07, 6.45) is 2.90. The van der Waals surface area contributed by atoms with Gasteiger partial charge in [-0.3, -0.25) is 14.5 Å². The molecular formula is C16H18F2N6O. The van der Waals surface area contributed by atoms with Crippen LogP contribution >= 0.6 is 0 Å². The van der Waals surface area contributed by atoms with Crippen molar-refractivity contribution in [1.29, 1.82) is 0 Å². The van der Waals surface area contributed by atoms with Gasteiger partial charge in [-0.2, -0.15) is 5.10 Å². The van der Waals surface area contributed by atoms with Gasteiger partial charge in [0.15, 0.2) is 5.96 Å². The van der Waals surface area contributed by atoms with E-state index in [9.17, 15) is 13.6 Å². The van der Waals surface area contributed by atoms with E-state index >= 15 is 0 Å². The second-order valence-corrected chi connectivity index (χ2v) is 5.93. The number of rotatable bonds is 4. The average Bonchev–Trinajstić information content (AvgIpc) is 2.99. The lowest BCUT2D eigenvalue weighted by atomic mass is 9.94. The van der Waals surface area contributed by atoms with Gasteiger partial charge in [-0.1, -0.05) is 0 Å². The van der Waals surface area contributed by atoms with E-state index in [1.807, 2.05) is 0 Å². The largest absolute Gasteiger partial charge is 0.370 e. The minimum atomic E-state index is -0.618. The number of primary amides is 1. The molecule has 1 aliphatic rings. The molecule has 5 N–H and O–H groups in total. The van der Waals surface area contributed by atoms with Crippen molar-refractivity contribution in [1.82, 2.24) is 9.78 Å². The minimum absolute atomic E-state index is 0.00120. The lowest BCUT2D eigenvalue weighted by Gasteiger charge is -2.22. The molecule has 1 aromatic heterocycles. The number of nitrogens with one attached hydrogen (secondary N) is 1. The number of hydrogen-bond donors (Lipinski definition) is 3. The Bertz CT molecular complexity index is 832. The summed E-state index contributed by atoms with van der Waals surface area (Å²) in [5.74, 6) is -1.55. The van der Waals surface area contributed by atoms with Gasteiger partial charge in [-0.15, -0.1) is 0 Å². The maximum atomic E-state index is 13.6. The summed E-state index contributed by atoms with van der Waals surface area (Å²) in [6, 6.07) is 3.05. The first-order chi connectivity index (χ1) is 11.9. The van der Waals surface area contributed by atoms with E-state index in [1.165, 1.54) is 6.20 Å². The number of nitrogens with two attached hydrogens (primary N) is 2. The number of aliphatic imine (C=N–C) groups is 1. The SMILES string of the molecule is NC(=O)c1cnn2c1CC(CN=C(N)Nc1cc(F)ccc1F)CC2. The summed E-state index contributed by atoms with van der Waals surface area (Å²) in [5.41, 5.74) is 12.2. The fraction of sp³-hybridized carbons (Fsp3) is 0.312. The molecule has 0 spiro atoms. The monoisotopic (exact) mass is 348 g/mol. The van der Waals surface area contributed by atoms with Crippen LogP contribution in [0.25, 0.3) is 0 Å². The van der Waals surface area contributed by atoms with Crippen molar-refractivity contribution in [2.24, 2.45) is 22.4 Å². The highest BCUT2D eigenvalue weighted by atomic mass is 19.1. The number of aromatic nitrogens is 2. The van der Waals surface area contributed by atoms with E-state index in [0.717, 1.165) is 30.3 Å². The molecule has 1 aliphatic heterocycles. The molecule has 2 heterocycles. The molecule has 132 valence electrons. The van der Waals surface area contributed by atoms with Crippen LogP contribution in [0.3, 0.4) is 0 Å². The van der Waals surface area contributed by atoms with Crippen molar-refractivity contribution < 1.29 is 13.6 Å². The van der Waals surface area contributed by atoms with Gasteiger partial charge in [-0.25, -0.2) is 8.78 Å². The molecule has 1 unspecified atom stereocenters. The Labute approximate surface area is 142 Å². The molecular weight excluding hydrogens is 330 g/mol. The number of carbonyl (C=O) groups is 1. The molecule has 7 nitrogen and oxygen atoms in total. The van der Waals surface area contributed by atoms with Crippen molar-refractivity contribution >= 4 is 17.6 Å². The standard InChI is InChI=1S/C16H18F2N6O/c17-10-1-2-12(18)13(6-10)23-16(20)21-7-9-3-4-24-14(5-9)11(8-22-24)15(19)25/h1-2,6,8-9H,3-5,7H2,(H2,19,25)(H3,20,21,23). The number of carbonyl (C=O) groups excluding carboxylic acids is 1. The van der Waals surface area contributed by atoms with Crippen LogP contribution in [0.2, 0.25) is 0 Å². The summed E-state index contributed by atoms with van der Waals surface area (Å²) in [7, 11) is 0. The molecule has 3 rings (SSSR count). The number of benzene rings is 1. The number of guanidine groups is 1.